The Morgan fingerprint density at radius 3 is 2.58 bits per heavy atom. The molecule has 2 nitrogen and oxygen atoms in total. The first-order valence-electron chi connectivity index (χ1n) is 5.00. The number of rotatable bonds is 4. The van der Waals surface area contributed by atoms with Crippen LogP contribution in [-0.4, -0.2) is 30.3 Å². The van der Waals surface area contributed by atoms with Crippen LogP contribution in [-0.2, 0) is 4.79 Å². The molecule has 12 heavy (non-hydrogen) atoms. The summed E-state index contributed by atoms with van der Waals surface area (Å²) in [5.41, 5.74) is 0. The van der Waals surface area contributed by atoms with E-state index in [1.165, 1.54) is 12.8 Å². The molecule has 0 aromatic rings. The molecule has 0 radical (unpaired) electrons. The minimum atomic E-state index is 0.422. The standard InChI is InChI=1S/C10H17NO/c1-11(9-3-4-9)7-6-8-2-5-10(8)12/h8-9H,2-7H2,1H3. The highest BCUT2D eigenvalue weighted by atomic mass is 16.1. The van der Waals surface area contributed by atoms with Crippen LogP contribution < -0.4 is 0 Å². The van der Waals surface area contributed by atoms with E-state index >= 15 is 0 Å². The molecular weight excluding hydrogens is 150 g/mol. The molecule has 0 bridgehead atoms. The van der Waals surface area contributed by atoms with E-state index in [0.29, 0.717) is 11.7 Å². The number of nitrogens with zero attached hydrogens (tertiary/aromatic N) is 1. The molecule has 0 heterocycles. The number of carbonyl (C=O) groups excluding carboxylic acids is 1. The summed E-state index contributed by atoms with van der Waals surface area (Å²) in [5, 5.41) is 0. The lowest BCUT2D eigenvalue weighted by Gasteiger charge is -2.26. The molecule has 68 valence electrons. The summed E-state index contributed by atoms with van der Waals surface area (Å²) >= 11 is 0. The van der Waals surface area contributed by atoms with Crippen molar-refractivity contribution in [2.75, 3.05) is 13.6 Å². The van der Waals surface area contributed by atoms with Gasteiger partial charge < -0.3 is 4.90 Å². The van der Waals surface area contributed by atoms with E-state index in [9.17, 15) is 4.79 Å². The average Bonchev–Trinajstić information content (AvgIpc) is 2.84. The van der Waals surface area contributed by atoms with E-state index in [2.05, 4.69) is 11.9 Å². The van der Waals surface area contributed by atoms with Crippen LogP contribution in [0.5, 0.6) is 0 Å². The van der Waals surface area contributed by atoms with Gasteiger partial charge in [-0.3, -0.25) is 4.79 Å². The van der Waals surface area contributed by atoms with Crippen molar-refractivity contribution in [2.24, 2.45) is 5.92 Å². The Labute approximate surface area is 73.9 Å². The van der Waals surface area contributed by atoms with Gasteiger partial charge in [-0.05, 0) is 39.3 Å². The van der Waals surface area contributed by atoms with Crippen molar-refractivity contribution in [3.63, 3.8) is 0 Å². The van der Waals surface area contributed by atoms with Gasteiger partial charge in [0.05, 0.1) is 0 Å². The summed E-state index contributed by atoms with van der Waals surface area (Å²) in [4.78, 5) is 13.4. The third-order valence-corrected chi connectivity index (χ3v) is 3.20. The van der Waals surface area contributed by atoms with Crippen LogP contribution in [0.2, 0.25) is 0 Å². The maximum atomic E-state index is 11.0. The number of Topliss-reactive ketones (excluding diaryl/α,β-unsaturated/α-hetero) is 1. The third kappa shape index (κ3) is 1.69. The second kappa shape index (κ2) is 3.17. The molecule has 2 aliphatic carbocycles. The van der Waals surface area contributed by atoms with Crippen molar-refractivity contribution >= 4 is 5.78 Å². The summed E-state index contributed by atoms with van der Waals surface area (Å²) in [6.07, 6.45) is 5.84. The van der Waals surface area contributed by atoms with Crippen molar-refractivity contribution in [1.29, 1.82) is 0 Å². The van der Waals surface area contributed by atoms with Crippen LogP contribution >= 0.6 is 0 Å². The Morgan fingerprint density at radius 2 is 2.17 bits per heavy atom. The Bertz CT molecular complexity index is 186. The van der Waals surface area contributed by atoms with Gasteiger partial charge in [-0.2, -0.15) is 0 Å². The number of hydrogen-bond donors (Lipinski definition) is 0. The van der Waals surface area contributed by atoms with E-state index in [0.717, 1.165) is 31.8 Å². The van der Waals surface area contributed by atoms with Crippen molar-refractivity contribution < 1.29 is 4.79 Å². The highest BCUT2D eigenvalue weighted by molar-refractivity contribution is 5.86. The van der Waals surface area contributed by atoms with Gasteiger partial charge in [0.1, 0.15) is 5.78 Å². The highest BCUT2D eigenvalue weighted by Crippen LogP contribution is 2.29. The Hall–Kier alpha value is -0.370. The molecule has 1 unspecified atom stereocenters. The molecule has 2 rings (SSSR count). The molecule has 0 spiro atoms. The van der Waals surface area contributed by atoms with Crippen molar-refractivity contribution in [3.05, 3.63) is 0 Å². The summed E-state index contributed by atoms with van der Waals surface area (Å²) in [7, 11) is 2.18. The fourth-order valence-corrected chi connectivity index (χ4v) is 1.83. The molecule has 2 fully saturated rings. The lowest BCUT2D eigenvalue weighted by molar-refractivity contribution is -0.129. The van der Waals surface area contributed by atoms with Crippen molar-refractivity contribution in [3.8, 4) is 0 Å². The highest BCUT2D eigenvalue weighted by Gasteiger charge is 2.30. The second-order valence-electron chi connectivity index (χ2n) is 4.20. The zero-order chi connectivity index (χ0) is 8.55. The monoisotopic (exact) mass is 167 g/mol. The first kappa shape index (κ1) is 8.24. The molecule has 0 aliphatic heterocycles. The fourth-order valence-electron chi connectivity index (χ4n) is 1.83. The quantitative estimate of drug-likeness (QED) is 0.631. The van der Waals surface area contributed by atoms with Gasteiger partial charge in [-0.15, -0.1) is 0 Å². The topological polar surface area (TPSA) is 20.3 Å². The molecular formula is C10H17NO. The van der Waals surface area contributed by atoms with E-state index in [1.54, 1.807) is 0 Å². The summed E-state index contributed by atoms with van der Waals surface area (Å²) in [5.74, 6) is 0.922. The van der Waals surface area contributed by atoms with Gasteiger partial charge in [0.2, 0.25) is 0 Å². The van der Waals surface area contributed by atoms with E-state index in [1.807, 2.05) is 0 Å². The maximum absolute atomic E-state index is 11.0. The number of carbonyl (C=O) groups is 1. The third-order valence-electron chi connectivity index (χ3n) is 3.20. The van der Waals surface area contributed by atoms with Gasteiger partial charge in [-0.25, -0.2) is 0 Å². The van der Waals surface area contributed by atoms with Crippen molar-refractivity contribution in [2.45, 2.75) is 38.1 Å². The zero-order valence-corrected chi connectivity index (χ0v) is 7.75. The molecule has 2 aliphatic rings. The molecule has 2 heteroatoms. The Balaban J connectivity index is 1.63. The smallest absolute Gasteiger partial charge is 0.136 e. The first-order chi connectivity index (χ1) is 5.77. The van der Waals surface area contributed by atoms with Crippen LogP contribution in [0.15, 0.2) is 0 Å². The predicted octanol–water partition coefficient (Wildman–Crippen LogP) is 1.45. The van der Waals surface area contributed by atoms with Crippen LogP contribution in [0.1, 0.15) is 32.1 Å². The minimum absolute atomic E-state index is 0.422. The van der Waals surface area contributed by atoms with Gasteiger partial charge in [0, 0.05) is 18.4 Å². The molecule has 0 aromatic carbocycles. The summed E-state index contributed by atoms with van der Waals surface area (Å²) in [6.45, 7) is 1.13. The van der Waals surface area contributed by atoms with Gasteiger partial charge >= 0.3 is 0 Å². The molecule has 0 amide bonds. The zero-order valence-electron chi connectivity index (χ0n) is 7.75. The largest absolute Gasteiger partial charge is 0.303 e. The molecule has 0 aromatic heterocycles. The molecule has 0 saturated heterocycles. The second-order valence-corrected chi connectivity index (χ2v) is 4.20. The maximum Gasteiger partial charge on any atom is 0.136 e. The molecule has 2 saturated carbocycles. The normalized spacial score (nSPS) is 29.2. The van der Waals surface area contributed by atoms with Gasteiger partial charge in [0.15, 0.2) is 0 Å². The number of ketones is 1. The SMILES string of the molecule is CN(CCC1CCC1=O)C1CC1. The Morgan fingerprint density at radius 1 is 1.42 bits per heavy atom. The van der Waals surface area contributed by atoms with E-state index in [4.69, 9.17) is 0 Å². The number of hydrogen-bond acceptors (Lipinski definition) is 2. The molecule has 1 atom stereocenters. The molecule has 0 N–H and O–H groups in total. The summed E-state index contributed by atoms with van der Waals surface area (Å²) < 4.78 is 0. The van der Waals surface area contributed by atoms with Crippen molar-refractivity contribution in [1.82, 2.24) is 4.90 Å². The predicted molar refractivity (Wildman–Crippen MR) is 48.0 cm³/mol. The first-order valence-corrected chi connectivity index (χ1v) is 5.00. The fraction of sp³-hybridized carbons (Fsp3) is 0.900. The van der Waals surface area contributed by atoms with E-state index in [-0.39, 0.29) is 0 Å². The van der Waals surface area contributed by atoms with Crippen LogP contribution in [0, 0.1) is 5.92 Å². The van der Waals surface area contributed by atoms with Crippen LogP contribution in [0.3, 0.4) is 0 Å². The van der Waals surface area contributed by atoms with Gasteiger partial charge in [-0.1, -0.05) is 0 Å². The van der Waals surface area contributed by atoms with E-state index < -0.39 is 0 Å². The summed E-state index contributed by atoms with van der Waals surface area (Å²) in [6, 6.07) is 0.847. The van der Waals surface area contributed by atoms with Gasteiger partial charge in [0.25, 0.3) is 0 Å². The van der Waals surface area contributed by atoms with Crippen LogP contribution in [0.25, 0.3) is 0 Å². The lowest BCUT2D eigenvalue weighted by Crippen LogP contribution is -2.31. The Kier molecular flexibility index (Phi) is 2.18. The lowest BCUT2D eigenvalue weighted by atomic mass is 9.81. The minimum Gasteiger partial charge on any atom is -0.303 e. The van der Waals surface area contributed by atoms with Crippen LogP contribution in [0.4, 0.5) is 0 Å². The average molecular weight is 167 g/mol.